The number of quaternary nitrogens is 1. The van der Waals surface area contributed by atoms with Crippen LogP contribution in [0, 0.1) is 11.1 Å². The number of fused-ring (bicyclic) bond motifs is 1. The highest BCUT2D eigenvalue weighted by molar-refractivity contribution is 5.57. The van der Waals surface area contributed by atoms with Crippen LogP contribution in [0.1, 0.15) is 32.1 Å². The molecular formula is C18H26N2O3. The first-order chi connectivity index (χ1) is 11.1. The van der Waals surface area contributed by atoms with E-state index < -0.39 is 0 Å². The molecule has 1 aromatic carbocycles. The second-order valence-electron chi connectivity index (χ2n) is 7.36. The standard InChI is InChI=1S/C18H26N2O3/c1-20(21)11-9-19(10-12-20)15-7-8-16-17(13-15)23-18(22-16)14-5-3-2-4-6-14/h7-8,13-14,18H,2-6,9-12H2,1H3. The van der Waals surface area contributed by atoms with Gasteiger partial charge in [0.05, 0.1) is 33.2 Å². The summed E-state index contributed by atoms with van der Waals surface area (Å²) in [6, 6.07) is 6.19. The van der Waals surface area contributed by atoms with Gasteiger partial charge in [-0.15, -0.1) is 0 Å². The fourth-order valence-corrected chi connectivity index (χ4v) is 3.90. The van der Waals surface area contributed by atoms with Gasteiger partial charge in [0.15, 0.2) is 11.5 Å². The molecule has 0 N–H and O–H groups in total. The number of likely N-dealkylation sites (N-methyl/N-ethyl adjacent to an activating group) is 1. The molecule has 1 atom stereocenters. The zero-order valence-corrected chi connectivity index (χ0v) is 13.9. The van der Waals surface area contributed by atoms with Crippen molar-refractivity contribution in [2.45, 2.75) is 38.4 Å². The van der Waals surface area contributed by atoms with Gasteiger partial charge in [-0.05, 0) is 25.0 Å². The van der Waals surface area contributed by atoms with Gasteiger partial charge >= 0.3 is 0 Å². The van der Waals surface area contributed by atoms with E-state index in [1.165, 1.54) is 32.1 Å². The van der Waals surface area contributed by atoms with Crippen LogP contribution in [0.4, 0.5) is 5.69 Å². The van der Waals surface area contributed by atoms with Gasteiger partial charge in [-0.25, -0.2) is 0 Å². The van der Waals surface area contributed by atoms with Crippen LogP contribution in [0.15, 0.2) is 18.2 Å². The van der Waals surface area contributed by atoms with E-state index in [2.05, 4.69) is 17.0 Å². The first-order valence-electron chi connectivity index (χ1n) is 8.89. The van der Waals surface area contributed by atoms with E-state index in [9.17, 15) is 5.21 Å². The van der Waals surface area contributed by atoms with Gasteiger partial charge in [0.25, 0.3) is 0 Å². The average molecular weight is 318 g/mol. The van der Waals surface area contributed by atoms with E-state index in [0.717, 1.165) is 30.3 Å². The molecule has 126 valence electrons. The monoisotopic (exact) mass is 318 g/mol. The molecule has 5 heteroatoms. The second kappa shape index (κ2) is 5.87. The van der Waals surface area contributed by atoms with Crippen LogP contribution >= 0.6 is 0 Å². The maximum absolute atomic E-state index is 12.0. The fraction of sp³-hybridized carbons (Fsp3) is 0.667. The third-order valence-corrected chi connectivity index (χ3v) is 5.50. The average Bonchev–Trinajstić information content (AvgIpc) is 2.99. The Morgan fingerprint density at radius 2 is 1.74 bits per heavy atom. The largest absolute Gasteiger partial charge is 0.633 e. The Bertz CT molecular complexity index is 559. The highest BCUT2D eigenvalue weighted by Gasteiger charge is 2.33. The molecule has 4 rings (SSSR count). The van der Waals surface area contributed by atoms with E-state index in [-0.39, 0.29) is 10.9 Å². The summed E-state index contributed by atoms with van der Waals surface area (Å²) in [4.78, 5) is 2.27. The molecule has 1 saturated carbocycles. The summed E-state index contributed by atoms with van der Waals surface area (Å²) in [5.41, 5.74) is 1.14. The van der Waals surface area contributed by atoms with Crippen molar-refractivity contribution >= 4 is 5.69 Å². The number of nitrogens with zero attached hydrogens (tertiary/aromatic N) is 2. The smallest absolute Gasteiger partial charge is 0.244 e. The zero-order valence-electron chi connectivity index (χ0n) is 13.9. The van der Waals surface area contributed by atoms with Crippen molar-refractivity contribution in [2.75, 3.05) is 38.1 Å². The lowest BCUT2D eigenvalue weighted by Gasteiger charge is -2.45. The number of piperazine rings is 1. The third kappa shape index (κ3) is 3.12. The fourth-order valence-electron chi connectivity index (χ4n) is 3.90. The molecule has 2 heterocycles. The molecule has 2 fully saturated rings. The van der Waals surface area contributed by atoms with Gasteiger partial charge in [0, 0.05) is 17.7 Å². The van der Waals surface area contributed by atoms with Gasteiger partial charge in [-0.2, -0.15) is 0 Å². The van der Waals surface area contributed by atoms with Crippen molar-refractivity contribution < 1.29 is 14.1 Å². The maximum atomic E-state index is 12.0. The molecule has 0 bridgehead atoms. The summed E-state index contributed by atoms with van der Waals surface area (Å²) in [5, 5.41) is 12.0. The van der Waals surface area contributed by atoms with Gasteiger partial charge in [0.2, 0.25) is 6.29 Å². The number of hydrogen-bond donors (Lipinski definition) is 0. The summed E-state index contributed by atoms with van der Waals surface area (Å²) in [7, 11) is 1.76. The zero-order chi connectivity index (χ0) is 15.9. The number of ether oxygens (including phenoxy) is 2. The molecule has 0 spiro atoms. The normalized spacial score (nSPS) is 27.2. The minimum Gasteiger partial charge on any atom is -0.633 e. The van der Waals surface area contributed by atoms with Gasteiger partial charge in [-0.3, -0.25) is 0 Å². The quantitative estimate of drug-likeness (QED) is 0.621. The molecule has 1 aliphatic carbocycles. The van der Waals surface area contributed by atoms with E-state index >= 15 is 0 Å². The van der Waals surface area contributed by atoms with Crippen molar-refractivity contribution in [3.8, 4) is 11.5 Å². The van der Waals surface area contributed by atoms with Gasteiger partial charge in [0.1, 0.15) is 0 Å². The van der Waals surface area contributed by atoms with E-state index in [1.54, 1.807) is 7.05 Å². The first kappa shape index (κ1) is 15.1. The number of hydrogen-bond acceptors (Lipinski definition) is 4. The van der Waals surface area contributed by atoms with Crippen molar-refractivity contribution in [2.24, 2.45) is 5.92 Å². The SMILES string of the molecule is C[N+]1([O-])CCN(c2ccc3c(c2)OC(C2CCCCC2)O3)CC1. The first-order valence-corrected chi connectivity index (χ1v) is 8.89. The molecule has 3 aliphatic rings. The summed E-state index contributed by atoms with van der Waals surface area (Å²) in [5.74, 6) is 2.25. The Morgan fingerprint density at radius 1 is 1.04 bits per heavy atom. The minimum atomic E-state index is -0.134. The highest BCUT2D eigenvalue weighted by Crippen LogP contribution is 2.42. The molecule has 1 unspecified atom stereocenters. The van der Waals surface area contributed by atoms with Crippen LogP contribution in [0.3, 0.4) is 0 Å². The molecule has 5 nitrogen and oxygen atoms in total. The van der Waals surface area contributed by atoms with Gasteiger partial charge < -0.3 is 24.2 Å². The van der Waals surface area contributed by atoms with E-state index in [4.69, 9.17) is 9.47 Å². The predicted molar refractivity (Wildman–Crippen MR) is 89.6 cm³/mol. The molecule has 0 aromatic heterocycles. The number of rotatable bonds is 2. The van der Waals surface area contributed by atoms with Crippen molar-refractivity contribution in [3.05, 3.63) is 23.4 Å². The lowest BCUT2D eigenvalue weighted by Crippen LogP contribution is -2.53. The molecule has 1 aromatic rings. The molecule has 23 heavy (non-hydrogen) atoms. The van der Waals surface area contributed by atoms with Crippen LogP contribution in [0.2, 0.25) is 0 Å². The topological polar surface area (TPSA) is 44.8 Å². The lowest BCUT2D eigenvalue weighted by atomic mass is 9.89. The molecule has 0 amide bonds. The highest BCUT2D eigenvalue weighted by atomic mass is 16.7. The van der Waals surface area contributed by atoms with Crippen LogP contribution in [0.5, 0.6) is 11.5 Å². The molecule has 1 saturated heterocycles. The molecule has 0 radical (unpaired) electrons. The van der Waals surface area contributed by atoms with Crippen LogP contribution < -0.4 is 14.4 Å². The van der Waals surface area contributed by atoms with E-state index in [0.29, 0.717) is 19.0 Å². The van der Waals surface area contributed by atoms with Crippen LogP contribution in [0.25, 0.3) is 0 Å². The summed E-state index contributed by atoms with van der Waals surface area (Å²) in [6.07, 6.45) is 6.22. The lowest BCUT2D eigenvalue weighted by molar-refractivity contribution is -0.861. The Labute approximate surface area is 137 Å². The predicted octanol–water partition coefficient (Wildman–Crippen LogP) is 3.13. The van der Waals surface area contributed by atoms with Gasteiger partial charge in [-0.1, -0.05) is 19.3 Å². The third-order valence-electron chi connectivity index (χ3n) is 5.50. The minimum absolute atomic E-state index is 0.108. The Balaban J connectivity index is 1.44. The Hall–Kier alpha value is -1.46. The van der Waals surface area contributed by atoms with Crippen LogP contribution in [-0.4, -0.2) is 44.2 Å². The number of anilines is 1. The molecular weight excluding hydrogens is 292 g/mol. The molecule has 2 aliphatic heterocycles. The summed E-state index contributed by atoms with van der Waals surface area (Å²) < 4.78 is 12.0. The Kier molecular flexibility index (Phi) is 3.85. The summed E-state index contributed by atoms with van der Waals surface area (Å²) in [6.45, 7) is 2.87. The second-order valence-corrected chi connectivity index (χ2v) is 7.36. The van der Waals surface area contributed by atoms with Crippen molar-refractivity contribution in [3.63, 3.8) is 0 Å². The summed E-state index contributed by atoms with van der Waals surface area (Å²) >= 11 is 0. The van der Waals surface area contributed by atoms with Crippen LogP contribution in [-0.2, 0) is 0 Å². The van der Waals surface area contributed by atoms with Crippen molar-refractivity contribution in [1.82, 2.24) is 0 Å². The van der Waals surface area contributed by atoms with Crippen molar-refractivity contribution in [1.29, 1.82) is 0 Å². The Morgan fingerprint density at radius 3 is 2.48 bits per heavy atom. The number of benzene rings is 1. The number of hydroxylamine groups is 3. The maximum Gasteiger partial charge on any atom is 0.244 e. The van der Waals surface area contributed by atoms with E-state index in [1.807, 2.05) is 6.07 Å².